The van der Waals surface area contributed by atoms with E-state index in [0.29, 0.717) is 12.1 Å². The highest BCUT2D eigenvalue weighted by Gasteiger charge is 2.14. The molecule has 0 aliphatic rings. The van der Waals surface area contributed by atoms with Crippen molar-refractivity contribution in [3.05, 3.63) is 88.3 Å². The highest BCUT2D eigenvalue weighted by molar-refractivity contribution is 6.07. The van der Waals surface area contributed by atoms with Gasteiger partial charge in [-0.05, 0) is 47.5 Å². The average Bonchev–Trinajstić information content (AvgIpc) is 2.73. The van der Waals surface area contributed by atoms with Crippen LogP contribution in [0.3, 0.4) is 0 Å². The first kappa shape index (κ1) is 19.9. The summed E-state index contributed by atoms with van der Waals surface area (Å²) in [4.78, 5) is 26.6. The first-order chi connectivity index (χ1) is 14.5. The molecular formula is C25H24N2O3. The van der Waals surface area contributed by atoms with Crippen molar-refractivity contribution in [2.45, 2.75) is 19.9 Å². The van der Waals surface area contributed by atoms with Crippen molar-refractivity contribution in [3.63, 3.8) is 0 Å². The lowest BCUT2D eigenvalue weighted by atomic mass is 10.0. The third-order valence-electron chi connectivity index (χ3n) is 5.24. The predicted molar refractivity (Wildman–Crippen MR) is 121 cm³/mol. The molecule has 152 valence electrons. The SMILES string of the molecule is CCc1ccccc1NC(=O)CN(C)Cc1cc(=O)oc2ccc3ccccc3c12. The van der Waals surface area contributed by atoms with Crippen LogP contribution >= 0.6 is 0 Å². The molecule has 4 rings (SSSR count). The molecule has 5 nitrogen and oxygen atoms in total. The van der Waals surface area contributed by atoms with Crippen molar-refractivity contribution in [1.82, 2.24) is 4.90 Å². The lowest BCUT2D eigenvalue weighted by Gasteiger charge is -2.18. The van der Waals surface area contributed by atoms with Crippen molar-refractivity contribution in [1.29, 1.82) is 0 Å². The van der Waals surface area contributed by atoms with Crippen molar-refractivity contribution < 1.29 is 9.21 Å². The van der Waals surface area contributed by atoms with Crippen molar-refractivity contribution in [3.8, 4) is 0 Å². The fraction of sp³-hybridized carbons (Fsp3) is 0.200. The van der Waals surface area contributed by atoms with Crippen LogP contribution in [-0.4, -0.2) is 24.4 Å². The Kier molecular flexibility index (Phi) is 5.63. The lowest BCUT2D eigenvalue weighted by Crippen LogP contribution is -2.30. The highest BCUT2D eigenvalue weighted by atomic mass is 16.4. The number of likely N-dealkylation sites (N-methyl/N-ethyl adjacent to an activating group) is 1. The van der Waals surface area contributed by atoms with Gasteiger partial charge in [-0.3, -0.25) is 9.69 Å². The summed E-state index contributed by atoms with van der Waals surface area (Å²) in [5.41, 5.74) is 2.97. The molecule has 0 atom stereocenters. The zero-order valence-corrected chi connectivity index (χ0v) is 17.1. The number of nitrogens with zero attached hydrogens (tertiary/aromatic N) is 1. The number of benzene rings is 3. The maximum absolute atomic E-state index is 12.6. The lowest BCUT2D eigenvalue weighted by molar-refractivity contribution is -0.117. The number of amides is 1. The van der Waals surface area contributed by atoms with Gasteiger partial charge in [-0.2, -0.15) is 0 Å². The number of para-hydroxylation sites is 1. The summed E-state index contributed by atoms with van der Waals surface area (Å²) in [7, 11) is 1.87. The fourth-order valence-corrected chi connectivity index (χ4v) is 3.88. The molecular weight excluding hydrogens is 376 g/mol. The smallest absolute Gasteiger partial charge is 0.336 e. The minimum absolute atomic E-state index is 0.0875. The van der Waals surface area contributed by atoms with E-state index in [1.165, 1.54) is 6.07 Å². The molecule has 0 saturated heterocycles. The van der Waals surface area contributed by atoms with Crippen LogP contribution in [0, 0.1) is 0 Å². The minimum Gasteiger partial charge on any atom is -0.423 e. The van der Waals surface area contributed by atoms with Crippen molar-refractivity contribution >= 4 is 33.3 Å². The number of carbonyl (C=O) groups is 1. The zero-order chi connectivity index (χ0) is 21.1. The Hall–Kier alpha value is -3.44. The topological polar surface area (TPSA) is 62.6 Å². The normalized spacial score (nSPS) is 11.3. The maximum atomic E-state index is 12.6. The predicted octanol–water partition coefficient (Wildman–Crippen LogP) is 4.58. The van der Waals surface area contributed by atoms with Gasteiger partial charge in [0.15, 0.2) is 0 Å². The Bertz CT molecular complexity index is 1280. The Morgan fingerprint density at radius 1 is 1.00 bits per heavy atom. The Morgan fingerprint density at radius 3 is 2.60 bits per heavy atom. The van der Waals surface area contributed by atoms with Gasteiger partial charge in [-0.1, -0.05) is 55.5 Å². The largest absolute Gasteiger partial charge is 0.423 e. The molecule has 1 aromatic heterocycles. The van der Waals surface area contributed by atoms with Crippen molar-refractivity contribution in [2.24, 2.45) is 0 Å². The zero-order valence-electron chi connectivity index (χ0n) is 17.1. The average molecular weight is 400 g/mol. The maximum Gasteiger partial charge on any atom is 0.336 e. The van der Waals surface area contributed by atoms with Gasteiger partial charge in [0.1, 0.15) is 5.58 Å². The summed E-state index contributed by atoms with van der Waals surface area (Å²) < 4.78 is 5.42. The van der Waals surface area contributed by atoms with Crippen LogP contribution in [0.1, 0.15) is 18.1 Å². The molecule has 1 amide bonds. The molecule has 1 N–H and O–H groups in total. The number of carbonyl (C=O) groups excluding carboxylic acids is 1. The summed E-state index contributed by atoms with van der Waals surface area (Å²) in [5.74, 6) is -0.0875. The number of aryl methyl sites for hydroxylation is 1. The molecule has 0 saturated carbocycles. The molecule has 0 spiro atoms. The summed E-state index contributed by atoms with van der Waals surface area (Å²) >= 11 is 0. The number of hydrogen-bond acceptors (Lipinski definition) is 4. The van der Waals surface area contributed by atoms with Gasteiger partial charge >= 0.3 is 5.63 Å². The summed E-state index contributed by atoms with van der Waals surface area (Å²) in [6, 6.07) is 21.1. The molecule has 1 heterocycles. The third-order valence-corrected chi connectivity index (χ3v) is 5.24. The number of hydrogen-bond donors (Lipinski definition) is 1. The summed E-state index contributed by atoms with van der Waals surface area (Å²) in [6.45, 7) is 2.73. The molecule has 0 fully saturated rings. The van der Waals surface area contributed by atoms with E-state index in [-0.39, 0.29) is 18.1 Å². The van der Waals surface area contributed by atoms with Crippen LogP contribution in [0.2, 0.25) is 0 Å². The monoisotopic (exact) mass is 400 g/mol. The molecule has 3 aromatic carbocycles. The summed E-state index contributed by atoms with van der Waals surface area (Å²) in [6.07, 6.45) is 0.852. The third kappa shape index (κ3) is 4.11. The second kappa shape index (κ2) is 8.51. The second-order valence-corrected chi connectivity index (χ2v) is 7.48. The van der Waals surface area contributed by atoms with E-state index in [9.17, 15) is 9.59 Å². The quantitative estimate of drug-likeness (QED) is 0.380. The van der Waals surface area contributed by atoms with Crippen LogP contribution in [-0.2, 0) is 17.8 Å². The van der Waals surface area contributed by atoms with Crippen LogP contribution in [0.15, 0.2) is 75.9 Å². The molecule has 30 heavy (non-hydrogen) atoms. The van der Waals surface area contributed by atoms with E-state index in [0.717, 1.165) is 39.4 Å². The fourth-order valence-electron chi connectivity index (χ4n) is 3.88. The van der Waals surface area contributed by atoms with Gasteiger partial charge < -0.3 is 9.73 Å². The van der Waals surface area contributed by atoms with Crippen LogP contribution in [0.25, 0.3) is 21.7 Å². The number of rotatable bonds is 6. The van der Waals surface area contributed by atoms with E-state index < -0.39 is 0 Å². The Balaban J connectivity index is 1.58. The van der Waals surface area contributed by atoms with Crippen LogP contribution in [0.4, 0.5) is 5.69 Å². The number of anilines is 1. The van der Waals surface area contributed by atoms with Gasteiger partial charge in [0.25, 0.3) is 0 Å². The van der Waals surface area contributed by atoms with E-state index in [2.05, 4.69) is 12.2 Å². The second-order valence-electron chi connectivity index (χ2n) is 7.48. The molecule has 0 aliphatic heterocycles. The van der Waals surface area contributed by atoms with Gasteiger partial charge in [0.05, 0.1) is 6.54 Å². The van der Waals surface area contributed by atoms with E-state index in [4.69, 9.17) is 4.42 Å². The Morgan fingerprint density at radius 2 is 1.77 bits per heavy atom. The first-order valence-corrected chi connectivity index (χ1v) is 10.1. The molecule has 0 radical (unpaired) electrons. The van der Waals surface area contributed by atoms with Gasteiger partial charge in [0, 0.05) is 23.7 Å². The van der Waals surface area contributed by atoms with Crippen LogP contribution < -0.4 is 10.9 Å². The van der Waals surface area contributed by atoms with E-state index in [1.807, 2.05) is 72.6 Å². The number of nitrogens with one attached hydrogen (secondary N) is 1. The molecule has 0 bridgehead atoms. The Labute approximate surface area is 174 Å². The first-order valence-electron chi connectivity index (χ1n) is 10.1. The minimum atomic E-state index is -0.387. The van der Waals surface area contributed by atoms with Gasteiger partial charge in [-0.15, -0.1) is 0 Å². The molecule has 0 aliphatic carbocycles. The summed E-state index contributed by atoms with van der Waals surface area (Å²) in [5, 5.41) is 6.02. The van der Waals surface area contributed by atoms with Crippen molar-refractivity contribution in [2.75, 3.05) is 18.9 Å². The van der Waals surface area contributed by atoms with Gasteiger partial charge in [-0.25, -0.2) is 4.79 Å². The van der Waals surface area contributed by atoms with Crippen LogP contribution in [0.5, 0.6) is 0 Å². The van der Waals surface area contributed by atoms with E-state index >= 15 is 0 Å². The highest BCUT2D eigenvalue weighted by Crippen LogP contribution is 2.28. The molecule has 4 aromatic rings. The standard InChI is InChI=1S/C25H24N2O3/c1-3-17-8-5-7-11-21(17)26-23(28)16-27(2)15-19-14-24(29)30-22-13-12-18-9-4-6-10-20(18)25(19)22/h4-14H,3,15-16H2,1-2H3,(H,26,28). The molecule has 5 heteroatoms. The molecule has 0 unspecified atom stereocenters. The van der Waals surface area contributed by atoms with Gasteiger partial charge in [0.2, 0.25) is 5.91 Å². The van der Waals surface area contributed by atoms with E-state index in [1.54, 1.807) is 0 Å². The number of fused-ring (bicyclic) bond motifs is 3.